The minimum absolute atomic E-state index is 0.00991. The molecule has 5 nitrogen and oxygen atoms in total. The smallest absolute Gasteiger partial charge is 0.233 e. The van der Waals surface area contributed by atoms with E-state index in [0.29, 0.717) is 5.16 Å². The Labute approximate surface area is 96.5 Å². The maximum absolute atomic E-state index is 11.6. The molecule has 88 valence electrons. The number of carbonyl (C=O) groups excluding carboxylic acids is 1. The van der Waals surface area contributed by atoms with Gasteiger partial charge in [0.1, 0.15) is 5.75 Å². The van der Waals surface area contributed by atoms with Crippen LogP contribution in [-0.4, -0.2) is 31.9 Å². The van der Waals surface area contributed by atoms with Crippen molar-refractivity contribution in [3.05, 3.63) is 12.4 Å². The number of aromatic amines is 1. The summed E-state index contributed by atoms with van der Waals surface area (Å²) < 4.78 is 11.6. The minimum atomic E-state index is -1.36. The molecule has 1 saturated carbocycles. The van der Waals surface area contributed by atoms with Crippen molar-refractivity contribution in [2.45, 2.75) is 36.9 Å². The second-order valence-corrected chi connectivity index (χ2v) is 5.30. The monoisotopic (exact) mass is 241 g/mol. The Kier molecular flexibility index (Phi) is 3.71. The van der Waals surface area contributed by atoms with Crippen LogP contribution < -0.4 is 5.32 Å². The number of nitrogens with zero attached hydrogens (tertiary/aromatic N) is 1. The molecule has 1 aromatic rings. The van der Waals surface area contributed by atoms with E-state index in [1.54, 1.807) is 6.20 Å². The van der Waals surface area contributed by atoms with E-state index >= 15 is 0 Å². The fraction of sp³-hybridized carbons (Fsp3) is 0.600. The van der Waals surface area contributed by atoms with Crippen LogP contribution in [0.2, 0.25) is 0 Å². The van der Waals surface area contributed by atoms with Crippen molar-refractivity contribution >= 4 is 16.7 Å². The standard InChI is InChI=1S/C10H15N3O2S/c14-9(13-8-3-1-2-4-8)7-16(15)10-11-5-6-12-10/h5-6,8H,1-4,7H2,(H,11,12)(H,13,14). The Morgan fingerprint density at radius 1 is 1.56 bits per heavy atom. The lowest BCUT2D eigenvalue weighted by Gasteiger charge is -2.10. The number of H-pyrrole nitrogens is 1. The second-order valence-electron chi connectivity index (χ2n) is 3.93. The van der Waals surface area contributed by atoms with Crippen LogP contribution in [0.1, 0.15) is 25.7 Å². The Balaban J connectivity index is 1.80. The highest BCUT2D eigenvalue weighted by molar-refractivity contribution is 7.85. The van der Waals surface area contributed by atoms with Gasteiger partial charge in [-0.3, -0.25) is 9.00 Å². The third-order valence-electron chi connectivity index (χ3n) is 2.67. The lowest BCUT2D eigenvalue weighted by atomic mass is 10.2. The highest BCUT2D eigenvalue weighted by Gasteiger charge is 2.19. The van der Waals surface area contributed by atoms with E-state index < -0.39 is 10.8 Å². The van der Waals surface area contributed by atoms with E-state index in [1.807, 2.05) is 0 Å². The Bertz CT molecular complexity index is 371. The average molecular weight is 241 g/mol. The zero-order chi connectivity index (χ0) is 11.4. The molecule has 1 amide bonds. The Morgan fingerprint density at radius 2 is 2.31 bits per heavy atom. The summed E-state index contributed by atoms with van der Waals surface area (Å²) in [6, 6.07) is 0.279. The van der Waals surface area contributed by atoms with E-state index in [2.05, 4.69) is 15.3 Å². The van der Waals surface area contributed by atoms with Crippen molar-refractivity contribution in [3.8, 4) is 0 Å². The van der Waals surface area contributed by atoms with E-state index in [4.69, 9.17) is 0 Å². The SMILES string of the molecule is O=C(CS(=O)c1ncc[nH]1)NC1CCCC1. The molecule has 0 spiro atoms. The first kappa shape index (κ1) is 11.3. The van der Waals surface area contributed by atoms with Gasteiger partial charge < -0.3 is 10.3 Å². The first-order chi connectivity index (χ1) is 7.75. The van der Waals surface area contributed by atoms with Crippen LogP contribution in [0.15, 0.2) is 17.6 Å². The van der Waals surface area contributed by atoms with E-state index in [-0.39, 0.29) is 17.7 Å². The van der Waals surface area contributed by atoms with Gasteiger partial charge in [-0.2, -0.15) is 0 Å². The van der Waals surface area contributed by atoms with Crippen LogP contribution in [-0.2, 0) is 15.6 Å². The van der Waals surface area contributed by atoms with Crippen molar-refractivity contribution < 1.29 is 9.00 Å². The molecule has 0 aliphatic heterocycles. The molecule has 2 N–H and O–H groups in total. The molecule has 1 aromatic heterocycles. The number of carbonyl (C=O) groups is 1. The summed E-state index contributed by atoms with van der Waals surface area (Å²) in [5, 5.41) is 3.26. The molecule has 1 heterocycles. The summed E-state index contributed by atoms with van der Waals surface area (Å²) in [5.74, 6) is -0.161. The zero-order valence-corrected chi connectivity index (χ0v) is 9.76. The van der Waals surface area contributed by atoms with E-state index in [0.717, 1.165) is 12.8 Å². The van der Waals surface area contributed by atoms with Crippen LogP contribution in [0.4, 0.5) is 0 Å². The molecule has 16 heavy (non-hydrogen) atoms. The number of amides is 1. The summed E-state index contributed by atoms with van der Waals surface area (Å²) in [7, 11) is -1.36. The van der Waals surface area contributed by atoms with E-state index in [9.17, 15) is 9.00 Å². The van der Waals surface area contributed by atoms with Crippen LogP contribution in [0.3, 0.4) is 0 Å². The molecule has 1 fully saturated rings. The molecule has 0 radical (unpaired) electrons. The first-order valence-corrected chi connectivity index (χ1v) is 6.75. The molecule has 0 saturated heterocycles. The normalized spacial score (nSPS) is 18.5. The Hall–Kier alpha value is -1.17. The molecular formula is C10H15N3O2S. The number of imidazole rings is 1. The van der Waals surface area contributed by atoms with Crippen molar-refractivity contribution in [1.29, 1.82) is 0 Å². The molecule has 0 aromatic carbocycles. The molecule has 1 aliphatic rings. The van der Waals surface area contributed by atoms with Crippen molar-refractivity contribution in [3.63, 3.8) is 0 Å². The molecule has 2 rings (SSSR count). The van der Waals surface area contributed by atoms with Gasteiger partial charge in [0, 0.05) is 18.4 Å². The van der Waals surface area contributed by atoms with Crippen LogP contribution in [0, 0.1) is 0 Å². The lowest BCUT2D eigenvalue weighted by molar-refractivity contribution is -0.119. The zero-order valence-electron chi connectivity index (χ0n) is 8.94. The summed E-state index contributed by atoms with van der Waals surface area (Å²) in [6.07, 6.45) is 7.56. The molecular weight excluding hydrogens is 226 g/mol. The second kappa shape index (κ2) is 5.25. The van der Waals surface area contributed by atoms with Gasteiger partial charge >= 0.3 is 0 Å². The third-order valence-corrected chi connectivity index (χ3v) is 3.85. The summed E-state index contributed by atoms with van der Waals surface area (Å²) in [4.78, 5) is 18.2. The minimum Gasteiger partial charge on any atom is -0.353 e. The lowest BCUT2D eigenvalue weighted by Crippen LogP contribution is -2.35. The largest absolute Gasteiger partial charge is 0.353 e. The summed E-state index contributed by atoms with van der Waals surface area (Å²) >= 11 is 0. The van der Waals surface area contributed by atoms with Crippen molar-refractivity contribution in [1.82, 2.24) is 15.3 Å². The van der Waals surface area contributed by atoms with Gasteiger partial charge in [0.05, 0.1) is 10.8 Å². The molecule has 1 unspecified atom stereocenters. The molecule has 1 atom stereocenters. The summed E-state index contributed by atoms with van der Waals surface area (Å²) in [6.45, 7) is 0. The van der Waals surface area contributed by atoms with Gasteiger partial charge in [0.25, 0.3) is 0 Å². The van der Waals surface area contributed by atoms with Gasteiger partial charge in [-0.1, -0.05) is 12.8 Å². The van der Waals surface area contributed by atoms with Crippen LogP contribution >= 0.6 is 0 Å². The predicted octanol–water partition coefficient (Wildman–Crippen LogP) is 0.576. The number of nitrogens with one attached hydrogen (secondary N) is 2. The van der Waals surface area contributed by atoms with Gasteiger partial charge in [0.15, 0.2) is 5.16 Å². The number of hydrogen-bond acceptors (Lipinski definition) is 3. The number of aromatic nitrogens is 2. The van der Waals surface area contributed by atoms with Gasteiger partial charge in [-0.05, 0) is 12.8 Å². The first-order valence-electron chi connectivity index (χ1n) is 5.43. The Morgan fingerprint density at radius 3 is 2.94 bits per heavy atom. The highest BCUT2D eigenvalue weighted by Crippen LogP contribution is 2.17. The molecule has 6 heteroatoms. The summed E-state index contributed by atoms with van der Waals surface area (Å²) in [5.41, 5.74) is 0. The maximum atomic E-state index is 11.6. The van der Waals surface area contributed by atoms with Crippen LogP contribution in [0.25, 0.3) is 0 Å². The third kappa shape index (κ3) is 2.91. The number of hydrogen-bond donors (Lipinski definition) is 2. The predicted molar refractivity (Wildman–Crippen MR) is 60.3 cm³/mol. The van der Waals surface area contributed by atoms with Gasteiger partial charge in [-0.25, -0.2) is 4.98 Å². The highest BCUT2D eigenvalue weighted by atomic mass is 32.2. The van der Waals surface area contributed by atoms with Gasteiger partial charge in [-0.15, -0.1) is 0 Å². The topological polar surface area (TPSA) is 74.8 Å². The van der Waals surface area contributed by atoms with E-state index in [1.165, 1.54) is 19.0 Å². The van der Waals surface area contributed by atoms with Crippen molar-refractivity contribution in [2.75, 3.05) is 5.75 Å². The fourth-order valence-corrected chi connectivity index (χ4v) is 2.74. The van der Waals surface area contributed by atoms with Crippen LogP contribution in [0.5, 0.6) is 0 Å². The maximum Gasteiger partial charge on any atom is 0.233 e. The molecule has 0 bridgehead atoms. The fourth-order valence-electron chi connectivity index (χ4n) is 1.90. The van der Waals surface area contributed by atoms with Crippen molar-refractivity contribution in [2.24, 2.45) is 0 Å². The quantitative estimate of drug-likeness (QED) is 0.809. The number of rotatable bonds is 4. The van der Waals surface area contributed by atoms with Gasteiger partial charge in [0.2, 0.25) is 5.91 Å². The average Bonchev–Trinajstić information content (AvgIpc) is 2.88. The molecule has 1 aliphatic carbocycles.